The Kier molecular flexibility index (Phi) is 6.43. The summed E-state index contributed by atoms with van der Waals surface area (Å²) >= 11 is 0. The molecular formula is C22H28N2O3. The molecule has 0 unspecified atom stereocenters. The molecule has 0 bridgehead atoms. The Morgan fingerprint density at radius 1 is 1.19 bits per heavy atom. The molecule has 1 aromatic carbocycles. The van der Waals surface area contributed by atoms with Gasteiger partial charge in [0, 0.05) is 17.1 Å². The number of nitrogens with one attached hydrogen (secondary N) is 1. The highest BCUT2D eigenvalue weighted by Crippen LogP contribution is 2.21. The second-order valence-electron chi connectivity index (χ2n) is 7.75. The van der Waals surface area contributed by atoms with Crippen LogP contribution >= 0.6 is 0 Å². The SMILES string of the molecule is CC(C)Cc1cc(C(=O)OCC(=O)NC2CCCCC2)c2ccccc2n1. The number of esters is 1. The van der Waals surface area contributed by atoms with Crippen molar-refractivity contribution in [1.29, 1.82) is 0 Å². The summed E-state index contributed by atoms with van der Waals surface area (Å²) in [4.78, 5) is 29.4. The minimum absolute atomic E-state index is 0.212. The van der Waals surface area contributed by atoms with Crippen molar-refractivity contribution in [1.82, 2.24) is 10.3 Å². The predicted molar refractivity (Wildman–Crippen MR) is 106 cm³/mol. The lowest BCUT2D eigenvalue weighted by Gasteiger charge is -2.22. The minimum Gasteiger partial charge on any atom is -0.452 e. The molecule has 1 saturated carbocycles. The number of fused-ring (bicyclic) bond motifs is 1. The second-order valence-corrected chi connectivity index (χ2v) is 7.75. The van der Waals surface area contributed by atoms with Gasteiger partial charge in [-0.2, -0.15) is 0 Å². The third-order valence-electron chi connectivity index (χ3n) is 4.91. The lowest BCUT2D eigenvalue weighted by atomic mass is 9.95. The molecule has 1 aliphatic carbocycles. The van der Waals surface area contributed by atoms with E-state index in [1.807, 2.05) is 24.3 Å². The van der Waals surface area contributed by atoms with E-state index in [4.69, 9.17) is 4.74 Å². The molecule has 0 radical (unpaired) electrons. The third kappa shape index (κ3) is 5.28. The molecule has 2 aromatic rings. The van der Waals surface area contributed by atoms with Crippen LogP contribution in [0.25, 0.3) is 10.9 Å². The quantitative estimate of drug-likeness (QED) is 0.782. The minimum atomic E-state index is -0.475. The van der Waals surface area contributed by atoms with E-state index < -0.39 is 5.97 Å². The number of amides is 1. The van der Waals surface area contributed by atoms with Crippen LogP contribution in [0, 0.1) is 5.92 Å². The molecule has 0 atom stereocenters. The Hall–Kier alpha value is -2.43. The van der Waals surface area contributed by atoms with E-state index in [9.17, 15) is 9.59 Å². The van der Waals surface area contributed by atoms with Gasteiger partial charge < -0.3 is 10.1 Å². The number of nitrogens with zero attached hydrogens (tertiary/aromatic N) is 1. The average molecular weight is 368 g/mol. The average Bonchev–Trinajstić information content (AvgIpc) is 2.66. The molecule has 0 saturated heterocycles. The second kappa shape index (κ2) is 8.98. The topological polar surface area (TPSA) is 68.3 Å². The number of pyridine rings is 1. The summed E-state index contributed by atoms with van der Waals surface area (Å²) in [6.45, 7) is 3.99. The highest BCUT2D eigenvalue weighted by Gasteiger charge is 2.19. The van der Waals surface area contributed by atoms with Gasteiger partial charge in [0.15, 0.2) is 6.61 Å². The number of rotatable bonds is 6. The van der Waals surface area contributed by atoms with Crippen molar-refractivity contribution in [3.8, 4) is 0 Å². The van der Waals surface area contributed by atoms with Gasteiger partial charge in [-0.1, -0.05) is 51.3 Å². The Balaban J connectivity index is 1.69. The van der Waals surface area contributed by atoms with Crippen LogP contribution in [-0.2, 0) is 16.0 Å². The van der Waals surface area contributed by atoms with E-state index in [0.29, 0.717) is 11.5 Å². The first kappa shape index (κ1) is 19.3. The highest BCUT2D eigenvalue weighted by atomic mass is 16.5. The summed E-state index contributed by atoms with van der Waals surface area (Å²) < 4.78 is 5.32. The maximum atomic E-state index is 12.7. The van der Waals surface area contributed by atoms with Gasteiger partial charge in [-0.05, 0) is 37.3 Å². The van der Waals surface area contributed by atoms with Crippen LogP contribution in [0.15, 0.2) is 30.3 Å². The smallest absolute Gasteiger partial charge is 0.339 e. The normalized spacial score (nSPS) is 15.1. The first-order valence-electron chi connectivity index (χ1n) is 9.88. The largest absolute Gasteiger partial charge is 0.452 e. The van der Waals surface area contributed by atoms with Crippen LogP contribution < -0.4 is 5.32 Å². The number of aromatic nitrogens is 1. The fourth-order valence-electron chi connectivity index (χ4n) is 3.65. The monoisotopic (exact) mass is 368 g/mol. The zero-order valence-electron chi connectivity index (χ0n) is 16.2. The number of benzene rings is 1. The molecule has 1 amide bonds. The Bertz CT molecular complexity index is 810. The first-order chi connectivity index (χ1) is 13.0. The summed E-state index contributed by atoms with van der Waals surface area (Å²) in [5.74, 6) is -0.266. The third-order valence-corrected chi connectivity index (χ3v) is 4.91. The molecule has 0 spiro atoms. The van der Waals surface area contributed by atoms with Crippen molar-refractivity contribution in [2.45, 2.75) is 58.4 Å². The van der Waals surface area contributed by atoms with Gasteiger partial charge in [-0.15, -0.1) is 0 Å². The summed E-state index contributed by atoms with van der Waals surface area (Å²) in [6.07, 6.45) is 6.32. The molecule has 1 heterocycles. The summed E-state index contributed by atoms with van der Waals surface area (Å²) in [5.41, 5.74) is 2.11. The van der Waals surface area contributed by atoms with E-state index in [1.54, 1.807) is 6.07 Å². The molecule has 1 aliphatic rings. The molecule has 5 nitrogen and oxygen atoms in total. The van der Waals surface area contributed by atoms with Gasteiger partial charge in [0.1, 0.15) is 0 Å². The summed E-state index contributed by atoms with van der Waals surface area (Å²) in [5, 5.41) is 3.72. The molecule has 5 heteroatoms. The standard InChI is InChI=1S/C22H28N2O3/c1-15(2)12-17-13-19(18-10-6-7-11-20(18)23-17)22(26)27-14-21(25)24-16-8-4-3-5-9-16/h6-7,10-11,13,15-16H,3-5,8-9,12,14H2,1-2H3,(H,24,25). The highest BCUT2D eigenvalue weighted by molar-refractivity contribution is 6.04. The molecule has 0 aliphatic heterocycles. The van der Waals surface area contributed by atoms with Crippen LogP contribution in [0.3, 0.4) is 0 Å². The zero-order valence-corrected chi connectivity index (χ0v) is 16.2. The van der Waals surface area contributed by atoms with E-state index in [2.05, 4.69) is 24.1 Å². The van der Waals surface area contributed by atoms with Gasteiger partial charge in [-0.3, -0.25) is 9.78 Å². The maximum Gasteiger partial charge on any atom is 0.339 e. The van der Waals surface area contributed by atoms with Crippen molar-refractivity contribution in [2.75, 3.05) is 6.61 Å². The fourth-order valence-corrected chi connectivity index (χ4v) is 3.65. The number of para-hydroxylation sites is 1. The van der Waals surface area contributed by atoms with Crippen LogP contribution in [0.2, 0.25) is 0 Å². The fraction of sp³-hybridized carbons (Fsp3) is 0.500. The van der Waals surface area contributed by atoms with Crippen molar-refractivity contribution < 1.29 is 14.3 Å². The van der Waals surface area contributed by atoms with Crippen molar-refractivity contribution in [2.24, 2.45) is 5.92 Å². The van der Waals surface area contributed by atoms with Crippen molar-refractivity contribution in [3.05, 3.63) is 41.6 Å². The first-order valence-corrected chi connectivity index (χ1v) is 9.88. The molecule has 1 N–H and O–H groups in total. The van der Waals surface area contributed by atoms with E-state index in [-0.39, 0.29) is 18.6 Å². The number of hydrogen-bond acceptors (Lipinski definition) is 4. The van der Waals surface area contributed by atoms with Crippen molar-refractivity contribution in [3.63, 3.8) is 0 Å². The summed E-state index contributed by atoms with van der Waals surface area (Å²) in [6, 6.07) is 9.54. The van der Waals surface area contributed by atoms with Gasteiger partial charge in [-0.25, -0.2) is 4.79 Å². The van der Waals surface area contributed by atoms with Crippen LogP contribution in [-0.4, -0.2) is 29.5 Å². The van der Waals surface area contributed by atoms with Gasteiger partial charge >= 0.3 is 5.97 Å². The zero-order chi connectivity index (χ0) is 19.2. The van der Waals surface area contributed by atoms with Crippen LogP contribution in [0.5, 0.6) is 0 Å². The van der Waals surface area contributed by atoms with Gasteiger partial charge in [0.2, 0.25) is 0 Å². The Morgan fingerprint density at radius 2 is 1.93 bits per heavy atom. The van der Waals surface area contributed by atoms with Crippen molar-refractivity contribution >= 4 is 22.8 Å². The van der Waals surface area contributed by atoms with E-state index >= 15 is 0 Å². The Labute approximate surface area is 160 Å². The molecule has 1 aromatic heterocycles. The van der Waals surface area contributed by atoms with E-state index in [1.165, 1.54) is 6.42 Å². The molecule has 1 fully saturated rings. The number of ether oxygens (including phenoxy) is 1. The lowest BCUT2D eigenvalue weighted by Crippen LogP contribution is -2.38. The maximum absolute atomic E-state index is 12.7. The molecule has 3 rings (SSSR count). The van der Waals surface area contributed by atoms with Gasteiger partial charge in [0.25, 0.3) is 5.91 Å². The predicted octanol–water partition coefficient (Wildman–Crippen LogP) is 4.04. The van der Waals surface area contributed by atoms with Gasteiger partial charge in [0.05, 0.1) is 11.1 Å². The molecular weight excluding hydrogens is 340 g/mol. The van der Waals surface area contributed by atoms with E-state index in [0.717, 1.165) is 48.7 Å². The summed E-state index contributed by atoms with van der Waals surface area (Å²) in [7, 11) is 0. The van der Waals surface area contributed by atoms with Crippen LogP contribution in [0.4, 0.5) is 0 Å². The lowest BCUT2D eigenvalue weighted by molar-refractivity contribution is -0.125. The Morgan fingerprint density at radius 3 is 2.67 bits per heavy atom. The number of carbonyl (C=O) groups is 2. The number of hydrogen-bond donors (Lipinski definition) is 1. The van der Waals surface area contributed by atoms with Crippen LogP contribution in [0.1, 0.15) is 62.0 Å². The molecule has 144 valence electrons. The molecule has 27 heavy (non-hydrogen) atoms. The number of carbonyl (C=O) groups excluding carboxylic acids is 2.